The third-order valence-electron chi connectivity index (χ3n) is 1.74. The van der Waals surface area contributed by atoms with Crippen molar-refractivity contribution in [2.24, 2.45) is 0 Å². The lowest BCUT2D eigenvalue weighted by atomic mass is 10.1. The van der Waals surface area contributed by atoms with Crippen molar-refractivity contribution < 1.29 is 0 Å². The summed E-state index contributed by atoms with van der Waals surface area (Å²) in [4.78, 5) is 0. The molecule has 0 saturated carbocycles. The van der Waals surface area contributed by atoms with Gasteiger partial charge in [0, 0.05) is 0 Å². The SMILES string of the molecule is C=C(C)/C=C/c1ccccc1C. The van der Waals surface area contributed by atoms with Gasteiger partial charge < -0.3 is 0 Å². The Kier molecular flexibility index (Phi) is 2.87. The zero-order chi connectivity index (χ0) is 8.97. The summed E-state index contributed by atoms with van der Waals surface area (Å²) in [5.74, 6) is 0. The Labute approximate surface area is 74.2 Å². The van der Waals surface area contributed by atoms with E-state index in [-0.39, 0.29) is 0 Å². The summed E-state index contributed by atoms with van der Waals surface area (Å²) in [7, 11) is 0. The van der Waals surface area contributed by atoms with Gasteiger partial charge in [-0.15, -0.1) is 0 Å². The summed E-state index contributed by atoms with van der Waals surface area (Å²) in [6.45, 7) is 7.92. The van der Waals surface area contributed by atoms with Gasteiger partial charge >= 0.3 is 0 Å². The van der Waals surface area contributed by atoms with E-state index in [1.165, 1.54) is 11.1 Å². The predicted molar refractivity (Wildman–Crippen MR) is 55.0 cm³/mol. The molecule has 0 aromatic heterocycles. The van der Waals surface area contributed by atoms with Crippen molar-refractivity contribution in [3.63, 3.8) is 0 Å². The lowest BCUT2D eigenvalue weighted by Gasteiger charge is -1.97. The maximum atomic E-state index is 3.81. The molecule has 0 bridgehead atoms. The van der Waals surface area contributed by atoms with E-state index >= 15 is 0 Å². The van der Waals surface area contributed by atoms with E-state index in [2.05, 4.69) is 31.7 Å². The van der Waals surface area contributed by atoms with Crippen molar-refractivity contribution in [3.8, 4) is 0 Å². The molecule has 62 valence electrons. The molecule has 1 aromatic carbocycles. The summed E-state index contributed by atoms with van der Waals surface area (Å²) in [5.41, 5.74) is 3.65. The van der Waals surface area contributed by atoms with E-state index in [0.29, 0.717) is 0 Å². The van der Waals surface area contributed by atoms with Crippen LogP contribution in [0.5, 0.6) is 0 Å². The zero-order valence-electron chi connectivity index (χ0n) is 7.67. The molecule has 0 spiro atoms. The number of benzene rings is 1. The first-order chi connectivity index (χ1) is 5.70. The van der Waals surface area contributed by atoms with E-state index in [1.807, 2.05) is 25.1 Å². The molecular formula is C12H14. The molecule has 0 nitrogen and oxygen atoms in total. The van der Waals surface area contributed by atoms with E-state index in [0.717, 1.165) is 5.57 Å². The van der Waals surface area contributed by atoms with Gasteiger partial charge in [0.1, 0.15) is 0 Å². The Morgan fingerprint density at radius 1 is 1.33 bits per heavy atom. The van der Waals surface area contributed by atoms with Gasteiger partial charge in [0.25, 0.3) is 0 Å². The highest BCUT2D eigenvalue weighted by molar-refractivity contribution is 5.55. The Balaban J connectivity index is 2.89. The molecule has 0 aliphatic rings. The minimum Gasteiger partial charge on any atom is -0.0961 e. The first kappa shape index (κ1) is 8.79. The van der Waals surface area contributed by atoms with Gasteiger partial charge in [-0.2, -0.15) is 0 Å². The Hall–Kier alpha value is -1.30. The van der Waals surface area contributed by atoms with Gasteiger partial charge in [-0.3, -0.25) is 0 Å². The monoisotopic (exact) mass is 158 g/mol. The summed E-state index contributed by atoms with van der Waals surface area (Å²) in [6.07, 6.45) is 4.12. The fourth-order valence-corrected chi connectivity index (χ4v) is 1.01. The molecule has 0 N–H and O–H groups in total. The van der Waals surface area contributed by atoms with Crippen molar-refractivity contribution in [2.45, 2.75) is 13.8 Å². The maximum Gasteiger partial charge on any atom is -0.0227 e. The molecule has 0 fully saturated rings. The predicted octanol–water partition coefficient (Wildman–Crippen LogP) is 3.58. The molecule has 0 saturated heterocycles. The first-order valence-corrected chi connectivity index (χ1v) is 4.09. The van der Waals surface area contributed by atoms with Gasteiger partial charge in [-0.25, -0.2) is 0 Å². The maximum absolute atomic E-state index is 3.81. The second-order valence-corrected chi connectivity index (χ2v) is 3.04. The molecule has 0 aliphatic heterocycles. The average Bonchev–Trinajstić information content (AvgIpc) is 2.03. The van der Waals surface area contributed by atoms with Gasteiger partial charge in [-0.05, 0) is 25.0 Å². The zero-order valence-corrected chi connectivity index (χ0v) is 7.67. The lowest BCUT2D eigenvalue weighted by molar-refractivity contribution is 1.44. The van der Waals surface area contributed by atoms with Crippen molar-refractivity contribution >= 4 is 6.08 Å². The van der Waals surface area contributed by atoms with Crippen LogP contribution >= 0.6 is 0 Å². The van der Waals surface area contributed by atoms with Crippen molar-refractivity contribution in [3.05, 3.63) is 53.6 Å². The van der Waals surface area contributed by atoms with Gasteiger partial charge in [0.05, 0.1) is 0 Å². The third-order valence-corrected chi connectivity index (χ3v) is 1.74. The molecule has 0 unspecified atom stereocenters. The minimum atomic E-state index is 1.08. The molecule has 0 aliphatic carbocycles. The van der Waals surface area contributed by atoms with Gasteiger partial charge in [-0.1, -0.05) is 48.6 Å². The highest BCUT2D eigenvalue weighted by Gasteiger charge is 1.89. The molecule has 12 heavy (non-hydrogen) atoms. The van der Waals surface area contributed by atoms with Crippen LogP contribution in [-0.4, -0.2) is 0 Å². The van der Waals surface area contributed by atoms with Crippen molar-refractivity contribution in [1.82, 2.24) is 0 Å². The second-order valence-electron chi connectivity index (χ2n) is 3.04. The largest absolute Gasteiger partial charge is 0.0961 e. The molecule has 0 atom stereocenters. The quantitative estimate of drug-likeness (QED) is 0.577. The topological polar surface area (TPSA) is 0 Å². The van der Waals surface area contributed by atoms with Gasteiger partial charge in [0.2, 0.25) is 0 Å². The fourth-order valence-electron chi connectivity index (χ4n) is 1.01. The van der Waals surface area contributed by atoms with E-state index in [4.69, 9.17) is 0 Å². The molecule has 0 amide bonds. The molecule has 0 heterocycles. The summed E-state index contributed by atoms with van der Waals surface area (Å²) in [6, 6.07) is 8.31. The van der Waals surface area contributed by atoms with Crippen LogP contribution in [0.1, 0.15) is 18.1 Å². The van der Waals surface area contributed by atoms with E-state index in [9.17, 15) is 0 Å². The second kappa shape index (κ2) is 3.91. The lowest BCUT2D eigenvalue weighted by Crippen LogP contribution is -1.77. The number of hydrogen-bond acceptors (Lipinski definition) is 0. The van der Waals surface area contributed by atoms with Crippen LogP contribution in [0.3, 0.4) is 0 Å². The molecular weight excluding hydrogens is 144 g/mol. The Bertz CT molecular complexity index is 306. The molecule has 0 radical (unpaired) electrons. The van der Waals surface area contributed by atoms with Crippen molar-refractivity contribution in [2.75, 3.05) is 0 Å². The standard InChI is InChI=1S/C12H14/c1-10(2)8-9-12-7-5-4-6-11(12)3/h4-9H,1H2,2-3H3/b9-8+. The fraction of sp³-hybridized carbons (Fsp3) is 0.167. The average molecular weight is 158 g/mol. The molecule has 1 rings (SSSR count). The van der Waals surface area contributed by atoms with Crippen molar-refractivity contribution in [1.29, 1.82) is 0 Å². The van der Waals surface area contributed by atoms with Crippen LogP contribution in [0.25, 0.3) is 6.08 Å². The number of aryl methyl sites for hydroxylation is 1. The van der Waals surface area contributed by atoms with Crippen LogP contribution in [0.4, 0.5) is 0 Å². The van der Waals surface area contributed by atoms with Crippen LogP contribution in [0.2, 0.25) is 0 Å². The van der Waals surface area contributed by atoms with Gasteiger partial charge in [0.15, 0.2) is 0 Å². The normalized spacial score (nSPS) is 10.5. The number of hydrogen-bond donors (Lipinski definition) is 0. The smallest absolute Gasteiger partial charge is 0.0227 e. The molecule has 0 heteroatoms. The minimum absolute atomic E-state index is 1.08. The Morgan fingerprint density at radius 2 is 2.00 bits per heavy atom. The number of allylic oxidation sites excluding steroid dienone is 2. The summed E-state index contributed by atoms with van der Waals surface area (Å²) < 4.78 is 0. The first-order valence-electron chi connectivity index (χ1n) is 4.09. The van der Waals surface area contributed by atoms with Crippen LogP contribution in [0, 0.1) is 6.92 Å². The highest BCUT2D eigenvalue weighted by atomic mass is 13.9. The number of rotatable bonds is 2. The van der Waals surface area contributed by atoms with Crippen LogP contribution in [0.15, 0.2) is 42.5 Å². The summed E-state index contributed by atoms with van der Waals surface area (Å²) >= 11 is 0. The Morgan fingerprint density at radius 3 is 2.58 bits per heavy atom. The summed E-state index contributed by atoms with van der Waals surface area (Å²) in [5, 5.41) is 0. The molecule has 1 aromatic rings. The van der Waals surface area contributed by atoms with E-state index < -0.39 is 0 Å². The van der Waals surface area contributed by atoms with Crippen LogP contribution in [-0.2, 0) is 0 Å². The third kappa shape index (κ3) is 2.39. The van der Waals surface area contributed by atoms with Crippen LogP contribution < -0.4 is 0 Å². The highest BCUT2D eigenvalue weighted by Crippen LogP contribution is 2.09. The van der Waals surface area contributed by atoms with E-state index in [1.54, 1.807) is 0 Å².